The second-order valence-electron chi connectivity index (χ2n) is 4.86. The first kappa shape index (κ1) is 14.3. The highest BCUT2D eigenvalue weighted by atomic mass is 16.5. The summed E-state index contributed by atoms with van der Waals surface area (Å²) in [6.45, 7) is 4.97. The molecule has 20 heavy (non-hydrogen) atoms. The summed E-state index contributed by atoms with van der Waals surface area (Å²) in [7, 11) is 3.30. The molecule has 0 aliphatic carbocycles. The first-order valence-corrected chi connectivity index (χ1v) is 6.66. The molecule has 2 aromatic carbocycles. The number of hydrogen-bond acceptors (Lipinski definition) is 3. The number of benzene rings is 2. The predicted octanol–water partition coefficient (Wildman–Crippen LogP) is 3.93. The van der Waals surface area contributed by atoms with Crippen LogP contribution in [-0.4, -0.2) is 14.2 Å². The molecule has 2 rings (SSSR count). The van der Waals surface area contributed by atoms with Crippen LogP contribution in [0.25, 0.3) is 0 Å². The van der Waals surface area contributed by atoms with Crippen molar-refractivity contribution in [1.82, 2.24) is 0 Å². The van der Waals surface area contributed by atoms with E-state index in [1.807, 2.05) is 18.2 Å². The summed E-state index contributed by atoms with van der Waals surface area (Å²) in [6, 6.07) is 12.4. The van der Waals surface area contributed by atoms with Gasteiger partial charge in [-0.25, -0.2) is 0 Å². The molecule has 2 aromatic rings. The van der Waals surface area contributed by atoms with Crippen molar-refractivity contribution >= 4 is 5.69 Å². The molecule has 0 aliphatic rings. The molecule has 0 atom stereocenters. The highest BCUT2D eigenvalue weighted by Gasteiger charge is 2.05. The van der Waals surface area contributed by atoms with Crippen molar-refractivity contribution in [3.63, 3.8) is 0 Å². The first-order valence-electron chi connectivity index (χ1n) is 6.66. The Morgan fingerprint density at radius 1 is 0.900 bits per heavy atom. The third kappa shape index (κ3) is 3.23. The van der Waals surface area contributed by atoms with Gasteiger partial charge in [-0.05, 0) is 43.2 Å². The number of nitrogens with one attached hydrogen (secondary N) is 1. The van der Waals surface area contributed by atoms with E-state index in [4.69, 9.17) is 9.47 Å². The minimum Gasteiger partial charge on any atom is -0.493 e. The quantitative estimate of drug-likeness (QED) is 0.893. The Balaban J connectivity index is 2.10. The Labute approximate surface area is 120 Å². The molecule has 0 spiro atoms. The average molecular weight is 271 g/mol. The number of ether oxygens (including phenoxy) is 2. The normalized spacial score (nSPS) is 10.2. The third-order valence-corrected chi connectivity index (χ3v) is 3.31. The van der Waals surface area contributed by atoms with Gasteiger partial charge in [0.1, 0.15) is 0 Å². The van der Waals surface area contributed by atoms with E-state index < -0.39 is 0 Å². The van der Waals surface area contributed by atoms with E-state index in [0.29, 0.717) is 0 Å². The molecule has 0 aliphatic heterocycles. The highest BCUT2D eigenvalue weighted by molar-refractivity contribution is 5.52. The fourth-order valence-electron chi connectivity index (χ4n) is 2.20. The van der Waals surface area contributed by atoms with E-state index in [1.54, 1.807) is 14.2 Å². The van der Waals surface area contributed by atoms with Gasteiger partial charge in [-0.15, -0.1) is 0 Å². The van der Waals surface area contributed by atoms with Crippen LogP contribution in [0.2, 0.25) is 0 Å². The molecule has 3 nitrogen and oxygen atoms in total. The van der Waals surface area contributed by atoms with Crippen LogP contribution in [0.1, 0.15) is 16.7 Å². The van der Waals surface area contributed by atoms with Gasteiger partial charge in [0.25, 0.3) is 0 Å². The molecule has 0 unspecified atom stereocenters. The van der Waals surface area contributed by atoms with Gasteiger partial charge < -0.3 is 14.8 Å². The second-order valence-corrected chi connectivity index (χ2v) is 4.86. The standard InChI is InChI=1S/C17H21NO2/c1-12-5-7-15(13(2)9-12)18-11-14-6-8-16(19-3)17(10-14)20-4/h5-10,18H,11H2,1-4H3. The van der Waals surface area contributed by atoms with E-state index in [9.17, 15) is 0 Å². The Hall–Kier alpha value is -2.16. The van der Waals surface area contributed by atoms with Gasteiger partial charge >= 0.3 is 0 Å². The second kappa shape index (κ2) is 6.33. The molecule has 0 saturated heterocycles. The van der Waals surface area contributed by atoms with Gasteiger partial charge in [0, 0.05) is 12.2 Å². The molecular weight excluding hydrogens is 250 g/mol. The summed E-state index contributed by atoms with van der Waals surface area (Å²) < 4.78 is 10.6. The summed E-state index contributed by atoms with van der Waals surface area (Å²) in [5.41, 5.74) is 4.85. The molecule has 0 amide bonds. The molecule has 3 heteroatoms. The van der Waals surface area contributed by atoms with Crippen molar-refractivity contribution in [2.45, 2.75) is 20.4 Å². The van der Waals surface area contributed by atoms with Crippen molar-refractivity contribution in [2.75, 3.05) is 19.5 Å². The van der Waals surface area contributed by atoms with Crippen LogP contribution in [0.5, 0.6) is 11.5 Å². The molecule has 0 bridgehead atoms. The van der Waals surface area contributed by atoms with Crippen LogP contribution in [0.15, 0.2) is 36.4 Å². The van der Waals surface area contributed by atoms with Gasteiger partial charge in [-0.3, -0.25) is 0 Å². The Kier molecular flexibility index (Phi) is 4.51. The Morgan fingerprint density at radius 3 is 2.30 bits per heavy atom. The lowest BCUT2D eigenvalue weighted by Crippen LogP contribution is -2.02. The fraction of sp³-hybridized carbons (Fsp3) is 0.294. The van der Waals surface area contributed by atoms with Crippen molar-refractivity contribution < 1.29 is 9.47 Å². The van der Waals surface area contributed by atoms with Gasteiger partial charge in [-0.2, -0.15) is 0 Å². The highest BCUT2D eigenvalue weighted by Crippen LogP contribution is 2.28. The summed E-state index contributed by atoms with van der Waals surface area (Å²) in [6.07, 6.45) is 0. The van der Waals surface area contributed by atoms with E-state index in [2.05, 4.69) is 37.4 Å². The zero-order valence-corrected chi connectivity index (χ0v) is 12.5. The lowest BCUT2D eigenvalue weighted by atomic mass is 10.1. The van der Waals surface area contributed by atoms with Crippen LogP contribution < -0.4 is 14.8 Å². The smallest absolute Gasteiger partial charge is 0.161 e. The summed E-state index contributed by atoms with van der Waals surface area (Å²) >= 11 is 0. The lowest BCUT2D eigenvalue weighted by Gasteiger charge is -2.12. The van der Waals surface area contributed by atoms with Crippen LogP contribution in [-0.2, 0) is 6.54 Å². The van der Waals surface area contributed by atoms with Crippen LogP contribution in [0.4, 0.5) is 5.69 Å². The molecule has 0 aromatic heterocycles. The molecule has 0 saturated carbocycles. The maximum Gasteiger partial charge on any atom is 0.161 e. The first-order chi connectivity index (χ1) is 9.63. The fourth-order valence-corrected chi connectivity index (χ4v) is 2.20. The lowest BCUT2D eigenvalue weighted by molar-refractivity contribution is 0.354. The minimum absolute atomic E-state index is 0.753. The largest absolute Gasteiger partial charge is 0.493 e. The molecule has 0 radical (unpaired) electrons. The predicted molar refractivity (Wildman–Crippen MR) is 82.8 cm³/mol. The molecule has 1 N–H and O–H groups in total. The zero-order valence-electron chi connectivity index (χ0n) is 12.5. The van der Waals surface area contributed by atoms with Crippen LogP contribution in [0.3, 0.4) is 0 Å². The van der Waals surface area contributed by atoms with E-state index in [0.717, 1.165) is 29.3 Å². The number of aryl methyl sites for hydroxylation is 2. The number of anilines is 1. The number of hydrogen-bond donors (Lipinski definition) is 1. The topological polar surface area (TPSA) is 30.5 Å². The van der Waals surface area contributed by atoms with Crippen molar-refractivity contribution in [2.24, 2.45) is 0 Å². The van der Waals surface area contributed by atoms with Crippen LogP contribution in [0, 0.1) is 13.8 Å². The molecule has 0 fully saturated rings. The van der Waals surface area contributed by atoms with E-state index in [1.165, 1.54) is 11.1 Å². The van der Waals surface area contributed by atoms with Gasteiger partial charge in [0.05, 0.1) is 14.2 Å². The Bertz CT molecular complexity index is 594. The van der Waals surface area contributed by atoms with Crippen molar-refractivity contribution in [3.05, 3.63) is 53.1 Å². The number of methoxy groups -OCH3 is 2. The summed E-state index contributed by atoms with van der Waals surface area (Å²) in [4.78, 5) is 0. The maximum atomic E-state index is 5.32. The molecule has 0 heterocycles. The maximum absolute atomic E-state index is 5.32. The SMILES string of the molecule is COc1ccc(CNc2ccc(C)cc2C)cc1OC. The minimum atomic E-state index is 0.753. The van der Waals surface area contributed by atoms with Crippen molar-refractivity contribution in [1.29, 1.82) is 0 Å². The molecule has 106 valence electrons. The summed E-state index contributed by atoms with van der Waals surface area (Å²) in [5, 5.41) is 3.45. The van der Waals surface area contributed by atoms with Gasteiger partial charge in [-0.1, -0.05) is 23.8 Å². The average Bonchev–Trinajstić information content (AvgIpc) is 2.46. The Morgan fingerprint density at radius 2 is 1.65 bits per heavy atom. The van der Waals surface area contributed by atoms with Gasteiger partial charge in [0.2, 0.25) is 0 Å². The zero-order chi connectivity index (χ0) is 14.5. The molecular formula is C17H21NO2. The van der Waals surface area contributed by atoms with Crippen LogP contribution >= 0.6 is 0 Å². The monoisotopic (exact) mass is 271 g/mol. The number of rotatable bonds is 5. The summed E-state index contributed by atoms with van der Waals surface area (Å²) in [5.74, 6) is 1.51. The van der Waals surface area contributed by atoms with E-state index >= 15 is 0 Å². The third-order valence-electron chi connectivity index (χ3n) is 3.31. The van der Waals surface area contributed by atoms with Crippen molar-refractivity contribution in [3.8, 4) is 11.5 Å². The van der Waals surface area contributed by atoms with E-state index in [-0.39, 0.29) is 0 Å². The van der Waals surface area contributed by atoms with Gasteiger partial charge in [0.15, 0.2) is 11.5 Å².